The van der Waals surface area contributed by atoms with Gasteiger partial charge in [-0.3, -0.25) is 14.4 Å². The zero-order valence-corrected chi connectivity index (χ0v) is 63.7. The van der Waals surface area contributed by atoms with E-state index in [9.17, 15) is 157 Å². The Hall–Kier alpha value is -3.47. The molecule has 0 unspecified atom stereocenters. The molecule has 0 saturated carbocycles. The summed E-state index contributed by atoms with van der Waals surface area (Å²) >= 11 is 0. The second kappa shape index (κ2) is 42.4. The van der Waals surface area contributed by atoms with Crippen molar-refractivity contribution in [1.29, 1.82) is 0 Å². The molecule has 0 aromatic carbocycles. The summed E-state index contributed by atoms with van der Waals surface area (Å²) in [5.41, 5.74) is 0. The summed E-state index contributed by atoms with van der Waals surface area (Å²) in [6.07, 6.45) is -96.5. The van der Waals surface area contributed by atoms with Crippen molar-refractivity contribution in [3.8, 4) is 0 Å². The summed E-state index contributed by atoms with van der Waals surface area (Å²) < 4.78 is 111. The summed E-state index contributed by atoms with van der Waals surface area (Å²) in [7, 11) is 0. The molecule has 10 rings (SSSR count). The number of hydrogen-bond acceptors (Lipinski definition) is 50. The molecule has 0 spiro atoms. The number of carbonyl (C=O) groups excluding carboxylic acids is 3. The average Bonchev–Trinajstić information content (AvgIpc) is 0.769. The van der Waals surface area contributed by atoms with Crippen LogP contribution in [0.15, 0.2) is 0 Å². The van der Waals surface area contributed by atoms with Gasteiger partial charge < -0.3 is 249 Å². The Balaban J connectivity index is 0.940. The first-order chi connectivity index (χ1) is 56.2. The molecular weight excluding hydrogens is 1630 g/mol. The van der Waals surface area contributed by atoms with Crippen molar-refractivity contribution in [2.24, 2.45) is 0 Å². The minimum atomic E-state index is -2.59. The lowest BCUT2D eigenvalue weighted by Gasteiger charge is -2.51. The van der Waals surface area contributed by atoms with Gasteiger partial charge >= 0.3 is 0 Å². The fraction of sp³-hybridized carbons (Fsp3) is 0.955. The van der Waals surface area contributed by atoms with E-state index in [0.29, 0.717) is 0 Å². The molecule has 10 saturated heterocycles. The summed E-state index contributed by atoms with van der Waals surface area (Å²) in [5, 5.41) is 317. The predicted molar refractivity (Wildman–Crippen MR) is 363 cm³/mol. The fourth-order valence-corrected chi connectivity index (χ4v) is 15.3. The average molecular weight is 1750 g/mol. The molecule has 119 heavy (non-hydrogen) atoms. The molecule has 690 valence electrons. The van der Waals surface area contributed by atoms with Crippen LogP contribution in [0, 0.1) is 0 Å². The molecule has 53 heteroatoms. The van der Waals surface area contributed by atoms with Crippen LogP contribution >= 0.6 is 0 Å². The Morgan fingerprint density at radius 2 is 0.504 bits per heavy atom. The Kier molecular flexibility index (Phi) is 34.8. The van der Waals surface area contributed by atoms with Crippen molar-refractivity contribution in [3.63, 3.8) is 0 Å². The topological polar surface area (TPSA) is 829 Å². The summed E-state index contributed by atoms with van der Waals surface area (Å²) in [6.45, 7) is -5.36. The molecule has 31 N–H and O–H groups in total. The summed E-state index contributed by atoms with van der Waals surface area (Å²) in [6, 6.07) is -5.78. The molecule has 0 aliphatic carbocycles. The van der Waals surface area contributed by atoms with Gasteiger partial charge in [-0.25, -0.2) is 0 Å². The first-order valence-electron chi connectivity index (χ1n) is 38.0. The highest BCUT2D eigenvalue weighted by Crippen LogP contribution is 2.40. The van der Waals surface area contributed by atoms with Gasteiger partial charge in [-0.05, 0) is 6.92 Å². The van der Waals surface area contributed by atoms with Crippen LogP contribution in [-0.2, 0) is 104 Å². The number of ether oxygens (including phenoxy) is 19. The molecule has 3 amide bonds. The van der Waals surface area contributed by atoms with Crippen LogP contribution in [0.1, 0.15) is 27.7 Å². The molecule has 50 atom stereocenters. The van der Waals surface area contributed by atoms with Crippen LogP contribution in [0.2, 0.25) is 0 Å². The third-order valence-corrected chi connectivity index (χ3v) is 22.0. The van der Waals surface area contributed by atoms with Crippen LogP contribution in [0.5, 0.6) is 0 Å². The van der Waals surface area contributed by atoms with E-state index in [1.165, 1.54) is 6.92 Å². The van der Waals surface area contributed by atoms with Gasteiger partial charge in [0.1, 0.15) is 238 Å². The smallest absolute Gasteiger partial charge is 0.217 e. The van der Waals surface area contributed by atoms with Gasteiger partial charge in [0.05, 0.1) is 65.6 Å². The van der Waals surface area contributed by atoms with E-state index in [-0.39, 0.29) is 0 Å². The van der Waals surface area contributed by atoms with Crippen LogP contribution in [0.4, 0.5) is 0 Å². The van der Waals surface area contributed by atoms with Gasteiger partial charge in [-0.1, -0.05) is 0 Å². The van der Waals surface area contributed by atoms with E-state index >= 15 is 0 Å². The maximum Gasteiger partial charge on any atom is 0.217 e. The van der Waals surface area contributed by atoms with Crippen molar-refractivity contribution in [1.82, 2.24) is 16.0 Å². The van der Waals surface area contributed by atoms with Gasteiger partial charge in [-0.2, -0.15) is 0 Å². The second-order valence-electron chi connectivity index (χ2n) is 30.3. The Morgan fingerprint density at radius 1 is 0.235 bits per heavy atom. The van der Waals surface area contributed by atoms with Crippen LogP contribution in [-0.4, -0.2) is 527 Å². The van der Waals surface area contributed by atoms with E-state index in [2.05, 4.69) is 16.0 Å². The highest BCUT2D eigenvalue weighted by molar-refractivity contribution is 5.74. The van der Waals surface area contributed by atoms with E-state index in [1.807, 2.05) is 0 Å². The molecule has 0 aromatic heterocycles. The maximum absolute atomic E-state index is 13.2. The normalized spacial score (nSPS) is 50.7. The number of aliphatic hydroxyl groups excluding tert-OH is 28. The van der Waals surface area contributed by atoms with Crippen molar-refractivity contribution in [3.05, 3.63) is 0 Å². The molecule has 10 aliphatic heterocycles. The SMILES string of the molecule is CC(=O)N[C@@H]1[C@@H](O)[C@H](O[C@@H]2O[C@H](CO)[C@@H](O[C@H]3O[C@H](CO[C@H]4O[C@H](CO[C@H]5O[C@H](CO)[C@@H](O)[C@H](O)[C@@H]5O)[C@@H](O)[C@H](O)[C@@H]4O)[C@@H](O)[C@H](O[C@@H]4O[C@H](CO)[C@@H](O)[C@H](O)[C@@H]4O[C@@H]4O[C@H](CO)[C@@H](O[C@@H]5O[C@H](CO)[C@H](O)[C@H](O[C@H]6O[C@H](CO)[C@H](O)[C@H](O)[C@H]6O)[C@H]5O)[C@H](O)[C@H]4NC(C)=O)[C@@H]3O)[C@H](O)[C@H]2NC(C)=O)[C@@H](CO[C@@H]2O[C@H](C)[C@H](O)[C@H](O)[C@H]2O)O[C@H]1O. The number of aliphatic hydroxyl groups is 28. The number of hydrogen-bond donors (Lipinski definition) is 31. The fourth-order valence-electron chi connectivity index (χ4n) is 15.3. The van der Waals surface area contributed by atoms with E-state index < -0.39 is 384 Å². The summed E-state index contributed by atoms with van der Waals surface area (Å²) in [4.78, 5) is 38.7. The zero-order valence-electron chi connectivity index (χ0n) is 63.7. The van der Waals surface area contributed by atoms with Gasteiger partial charge in [0.25, 0.3) is 0 Å². The zero-order chi connectivity index (χ0) is 87.5. The van der Waals surface area contributed by atoms with E-state index in [0.717, 1.165) is 20.8 Å². The predicted octanol–water partition coefficient (Wildman–Crippen LogP) is -21.3. The van der Waals surface area contributed by atoms with Gasteiger partial charge in [0, 0.05) is 20.8 Å². The van der Waals surface area contributed by atoms with Crippen LogP contribution < -0.4 is 16.0 Å². The molecule has 0 radical (unpaired) electrons. The molecular formula is C66H111N3O50. The van der Waals surface area contributed by atoms with Gasteiger partial charge in [0.2, 0.25) is 17.7 Å². The lowest BCUT2D eigenvalue weighted by atomic mass is 9.93. The minimum Gasteiger partial charge on any atom is -0.394 e. The molecule has 53 nitrogen and oxygen atoms in total. The second-order valence-corrected chi connectivity index (χ2v) is 30.3. The highest BCUT2D eigenvalue weighted by Gasteiger charge is 2.61. The first kappa shape index (κ1) is 97.7. The number of nitrogens with one attached hydrogen (secondary N) is 3. The monoisotopic (exact) mass is 1750 g/mol. The van der Waals surface area contributed by atoms with Crippen molar-refractivity contribution < 1.29 is 247 Å². The minimum absolute atomic E-state index is 0.836. The van der Waals surface area contributed by atoms with Crippen molar-refractivity contribution in [2.45, 2.75) is 335 Å². The third-order valence-electron chi connectivity index (χ3n) is 22.0. The number of rotatable bonds is 30. The molecule has 10 fully saturated rings. The molecule has 0 aromatic rings. The summed E-state index contributed by atoms with van der Waals surface area (Å²) in [5.74, 6) is -2.82. The quantitative estimate of drug-likeness (QED) is 0.0318. The van der Waals surface area contributed by atoms with E-state index in [4.69, 9.17) is 90.0 Å². The largest absolute Gasteiger partial charge is 0.394 e. The molecule has 0 bridgehead atoms. The van der Waals surface area contributed by atoms with Crippen molar-refractivity contribution >= 4 is 17.7 Å². The standard InChI is InChI=1S/C66H111N3O50/c1-14-30(79)40(89)45(94)60(104-14)103-13-26-53(37(86)27(57(100)105-26)67-15(2)76)114-58-28(68-16(3)77)38(87)52(22(9-74)110-58)116-65-50(99)55(36(85)25(113-65)12-102-62-47(96)43(92)34(83)24(112-62)11-101-61-46(95)41(90)31(80)18(5-70)106-61)118-66-56(44(93)33(82)20(7-72)109-66)119-59-29(69-17(4)78)39(88)51(23(10-75)111-59)115-64-49(98)54(35(84)21(8-73)108-64)117-63-48(97)42(91)32(81)19(6-71)107-63/h14,18-66,70-75,79-100H,5-13H2,1-4H3,(H,67,76)(H,68,77)(H,69,78)/t14-,18-,19-,20-,21-,22-,23-,24-,25-,26-,27-,28-,29-,30+,31-,32+,33-,34-,35+,36-,37-,38-,39-,40+,41+,42+,43+,44+,45-,46+,47+,48-,49-,50+,51-,52-,53-,54+,55+,56+,57-,58+,59+,60-,61+,62+,63-,64+,65-,66+/m1/s1. The molecule has 10 aliphatic rings. The Morgan fingerprint density at radius 3 is 0.941 bits per heavy atom. The van der Waals surface area contributed by atoms with Crippen LogP contribution in [0.3, 0.4) is 0 Å². The highest BCUT2D eigenvalue weighted by atomic mass is 16.8. The number of carbonyl (C=O) groups is 3. The van der Waals surface area contributed by atoms with Gasteiger partial charge in [0.15, 0.2) is 62.9 Å². The van der Waals surface area contributed by atoms with Crippen LogP contribution in [0.25, 0.3) is 0 Å². The lowest BCUT2D eigenvalue weighted by Crippen LogP contribution is -2.71. The third kappa shape index (κ3) is 21.5. The molecule has 10 heterocycles. The first-order valence-corrected chi connectivity index (χ1v) is 38.0. The Bertz CT molecular complexity index is 3160. The lowest BCUT2D eigenvalue weighted by molar-refractivity contribution is -0.399. The van der Waals surface area contributed by atoms with Gasteiger partial charge in [-0.15, -0.1) is 0 Å². The maximum atomic E-state index is 13.2. The van der Waals surface area contributed by atoms with E-state index in [1.54, 1.807) is 0 Å². The number of amides is 3. The Labute approximate surface area is 673 Å². The van der Waals surface area contributed by atoms with Crippen molar-refractivity contribution in [2.75, 3.05) is 59.5 Å².